The minimum Gasteiger partial charge on any atom is -0.366 e. The van der Waals surface area contributed by atoms with Crippen molar-refractivity contribution in [3.05, 3.63) is 35.4 Å². The summed E-state index contributed by atoms with van der Waals surface area (Å²) in [5.74, 6) is -0.478. The van der Waals surface area contributed by atoms with Crippen LogP contribution in [-0.2, 0) is 4.79 Å². The fourth-order valence-corrected chi connectivity index (χ4v) is 2.80. The highest BCUT2D eigenvalue weighted by Crippen LogP contribution is 2.17. The third-order valence-corrected chi connectivity index (χ3v) is 3.99. The van der Waals surface area contributed by atoms with Gasteiger partial charge >= 0.3 is 0 Å². The molecule has 6 heteroatoms. The van der Waals surface area contributed by atoms with Gasteiger partial charge < -0.3 is 15.5 Å². The lowest BCUT2D eigenvalue weighted by Gasteiger charge is -2.39. The van der Waals surface area contributed by atoms with Gasteiger partial charge in [0.05, 0.1) is 0 Å². The van der Waals surface area contributed by atoms with Gasteiger partial charge in [-0.25, -0.2) is 0 Å². The van der Waals surface area contributed by atoms with E-state index in [4.69, 9.17) is 5.73 Å². The van der Waals surface area contributed by atoms with E-state index in [0.717, 1.165) is 0 Å². The molecule has 1 heterocycles. The van der Waals surface area contributed by atoms with E-state index >= 15 is 0 Å². The number of hydrogen-bond donors (Lipinski definition) is 1. The summed E-state index contributed by atoms with van der Waals surface area (Å²) < 4.78 is 0. The molecule has 1 aromatic carbocycles. The molecule has 0 radical (unpaired) electrons. The quantitative estimate of drug-likeness (QED) is 0.903. The second-order valence-corrected chi connectivity index (χ2v) is 6.30. The van der Waals surface area contributed by atoms with Gasteiger partial charge in [-0.3, -0.25) is 14.4 Å². The number of nitrogens with zero attached hydrogens (tertiary/aromatic N) is 2. The first kappa shape index (κ1) is 17.0. The van der Waals surface area contributed by atoms with E-state index in [1.54, 1.807) is 34.9 Å². The molecule has 0 spiro atoms. The number of benzene rings is 1. The third-order valence-electron chi connectivity index (χ3n) is 3.99. The van der Waals surface area contributed by atoms with Crippen LogP contribution >= 0.6 is 0 Å². The molecule has 3 amide bonds. The summed E-state index contributed by atoms with van der Waals surface area (Å²) in [6, 6.07) is 5.78. The van der Waals surface area contributed by atoms with E-state index in [2.05, 4.69) is 13.8 Å². The Morgan fingerprint density at radius 2 is 1.91 bits per heavy atom. The summed E-state index contributed by atoms with van der Waals surface area (Å²) in [5.41, 5.74) is 5.91. The Labute approximate surface area is 136 Å². The van der Waals surface area contributed by atoms with Gasteiger partial charge in [-0.2, -0.15) is 0 Å². The molecule has 2 rings (SSSR count). The fourth-order valence-electron chi connectivity index (χ4n) is 2.80. The third kappa shape index (κ3) is 3.70. The normalized spacial score (nSPS) is 18.4. The number of rotatable bonds is 4. The van der Waals surface area contributed by atoms with Crippen LogP contribution < -0.4 is 5.73 Å². The van der Waals surface area contributed by atoms with Crippen molar-refractivity contribution in [2.24, 2.45) is 11.7 Å². The maximum atomic E-state index is 12.7. The molecule has 6 nitrogen and oxygen atoms in total. The number of primary amides is 1. The van der Waals surface area contributed by atoms with Gasteiger partial charge in [-0.05, 0) is 31.0 Å². The largest absolute Gasteiger partial charge is 0.366 e. The summed E-state index contributed by atoms with van der Waals surface area (Å²) in [4.78, 5) is 39.7. The number of carbonyl (C=O) groups is 3. The van der Waals surface area contributed by atoms with Crippen LogP contribution in [0.15, 0.2) is 24.3 Å². The molecule has 0 unspecified atom stereocenters. The topological polar surface area (TPSA) is 83.7 Å². The monoisotopic (exact) mass is 317 g/mol. The lowest BCUT2D eigenvalue weighted by Crippen LogP contribution is -2.58. The van der Waals surface area contributed by atoms with E-state index in [1.165, 1.54) is 6.07 Å². The smallest absolute Gasteiger partial charge is 0.254 e. The average Bonchev–Trinajstić information content (AvgIpc) is 2.51. The van der Waals surface area contributed by atoms with Crippen LogP contribution in [0.5, 0.6) is 0 Å². The van der Waals surface area contributed by atoms with Crippen molar-refractivity contribution in [1.29, 1.82) is 0 Å². The Bertz CT molecular complexity index is 627. The summed E-state index contributed by atoms with van der Waals surface area (Å²) >= 11 is 0. The van der Waals surface area contributed by atoms with Gasteiger partial charge in [-0.15, -0.1) is 0 Å². The Balaban J connectivity index is 2.16. The van der Waals surface area contributed by atoms with E-state index in [1.807, 2.05) is 0 Å². The number of amides is 3. The van der Waals surface area contributed by atoms with Crippen LogP contribution in [0, 0.1) is 5.92 Å². The fraction of sp³-hybridized carbons (Fsp3) is 0.471. The van der Waals surface area contributed by atoms with Gasteiger partial charge in [0, 0.05) is 30.8 Å². The minimum absolute atomic E-state index is 0.0376. The Morgan fingerprint density at radius 3 is 2.52 bits per heavy atom. The molecule has 23 heavy (non-hydrogen) atoms. The van der Waals surface area contributed by atoms with E-state index in [-0.39, 0.29) is 17.4 Å². The predicted octanol–water partition coefficient (Wildman–Crippen LogP) is 1.11. The molecular formula is C17H23N3O3. The zero-order chi connectivity index (χ0) is 17.1. The Hall–Kier alpha value is -2.37. The first-order valence-electron chi connectivity index (χ1n) is 7.81. The van der Waals surface area contributed by atoms with Crippen molar-refractivity contribution in [2.75, 3.05) is 19.6 Å². The summed E-state index contributed by atoms with van der Waals surface area (Å²) in [6.07, 6.45) is 0. The van der Waals surface area contributed by atoms with Crippen molar-refractivity contribution < 1.29 is 14.4 Å². The number of hydrogen-bond acceptors (Lipinski definition) is 3. The van der Waals surface area contributed by atoms with Crippen molar-refractivity contribution in [3.63, 3.8) is 0 Å². The summed E-state index contributed by atoms with van der Waals surface area (Å²) in [7, 11) is 0. The van der Waals surface area contributed by atoms with Crippen molar-refractivity contribution in [3.8, 4) is 0 Å². The van der Waals surface area contributed by atoms with Gasteiger partial charge in [0.15, 0.2) is 0 Å². The number of carbonyl (C=O) groups excluding carboxylic acids is 3. The van der Waals surface area contributed by atoms with Gasteiger partial charge in [0.25, 0.3) is 5.91 Å². The molecule has 0 aromatic heterocycles. The second kappa shape index (κ2) is 6.81. The lowest BCUT2D eigenvalue weighted by atomic mass is 10.1. The molecule has 1 aliphatic rings. The molecule has 1 saturated heterocycles. The second-order valence-electron chi connectivity index (χ2n) is 6.30. The summed E-state index contributed by atoms with van der Waals surface area (Å²) in [5, 5.41) is 0. The van der Waals surface area contributed by atoms with Crippen LogP contribution in [0.2, 0.25) is 0 Å². The van der Waals surface area contributed by atoms with Gasteiger partial charge in [0.1, 0.15) is 6.04 Å². The van der Waals surface area contributed by atoms with Gasteiger partial charge in [0.2, 0.25) is 11.8 Å². The van der Waals surface area contributed by atoms with E-state index < -0.39 is 11.9 Å². The molecule has 2 N–H and O–H groups in total. The minimum atomic E-state index is -0.578. The first-order valence-corrected chi connectivity index (χ1v) is 7.81. The summed E-state index contributed by atoms with van der Waals surface area (Å²) in [6.45, 7) is 7.57. The SMILES string of the molecule is CC(C)CN1CCN(C(=O)c2cccc(C(N)=O)c2)[C@H](C)C1=O. The molecule has 1 atom stereocenters. The molecule has 1 aromatic rings. The molecule has 124 valence electrons. The average molecular weight is 317 g/mol. The molecule has 0 aliphatic carbocycles. The highest BCUT2D eigenvalue weighted by atomic mass is 16.2. The molecule has 1 fully saturated rings. The zero-order valence-electron chi connectivity index (χ0n) is 13.8. The van der Waals surface area contributed by atoms with Gasteiger partial charge in [-0.1, -0.05) is 19.9 Å². The maximum absolute atomic E-state index is 12.7. The lowest BCUT2D eigenvalue weighted by molar-refractivity contribution is -0.140. The number of piperazine rings is 1. The van der Waals surface area contributed by atoms with E-state index in [9.17, 15) is 14.4 Å². The van der Waals surface area contributed by atoms with Crippen LogP contribution in [0.1, 0.15) is 41.5 Å². The predicted molar refractivity (Wildman–Crippen MR) is 86.9 cm³/mol. The van der Waals surface area contributed by atoms with Crippen molar-refractivity contribution >= 4 is 17.7 Å². The maximum Gasteiger partial charge on any atom is 0.254 e. The molecule has 0 saturated carbocycles. The first-order chi connectivity index (χ1) is 10.8. The molecule has 1 aliphatic heterocycles. The molecule has 0 bridgehead atoms. The van der Waals surface area contributed by atoms with Crippen LogP contribution in [0.25, 0.3) is 0 Å². The van der Waals surface area contributed by atoms with Crippen LogP contribution in [0.3, 0.4) is 0 Å². The van der Waals surface area contributed by atoms with Crippen LogP contribution in [0.4, 0.5) is 0 Å². The number of nitrogens with two attached hydrogens (primary N) is 1. The standard InChI is InChI=1S/C17H23N3O3/c1-11(2)10-19-7-8-20(12(3)16(19)22)17(23)14-6-4-5-13(9-14)15(18)21/h4-6,9,11-12H,7-8,10H2,1-3H3,(H2,18,21)/t12-/m1/s1. The van der Waals surface area contributed by atoms with Crippen molar-refractivity contribution in [1.82, 2.24) is 9.80 Å². The zero-order valence-corrected chi connectivity index (χ0v) is 13.8. The van der Waals surface area contributed by atoms with E-state index in [0.29, 0.717) is 31.1 Å². The molecular weight excluding hydrogens is 294 g/mol. The Morgan fingerprint density at radius 1 is 1.26 bits per heavy atom. The highest BCUT2D eigenvalue weighted by molar-refractivity contribution is 6.01. The van der Waals surface area contributed by atoms with Crippen molar-refractivity contribution in [2.45, 2.75) is 26.8 Å². The highest BCUT2D eigenvalue weighted by Gasteiger charge is 2.34. The Kier molecular flexibility index (Phi) is 5.03. The van der Waals surface area contributed by atoms with Crippen LogP contribution in [-0.4, -0.2) is 53.2 Å².